The molecule has 0 aromatic carbocycles. The number of hydrogen-bond donors (Lipinski definition) is 1. The Morgan fingerprint density at radius 3 is 2.67 bits per heavy atom. The molecule has 0 fully saturated rings. The molecule has 0 saturated heterocycles. The first-order chi connectivity index (χ1) is 8.36. The standard InChI is InChI=1S/C10H15Cl2N3O2S/c1-3-15(2)5-4-14-18(16,17)8-6-9(11)10(12)13-7-8/h6-7,14H,3-5H2,1-2H3. The van der Waals surface area contributed by atoms with Gasteiger partial charge in [0.1, 0.15) is 10.0 Å². The number of rotatable bonds is 6. The summed E-state index contributed by atoms with van der Waals surface area (Å²) < 4.78 is 26.3. The number of halogens is 2. The van der Waals surface area contributed by atoms with Crippen LogP contribution in [0.25, 0.3) is 0 Å². The Morgan fingerprint density at radius 1 is 1.44 bits per heavy atom. The Labute approximate surface area is 117 Å². The van der Waals surface area contributed by atoms with E-state index in [9.17, 15) is 8.42 Å². The lowest BCUT2D eigenvalue weighted by Crippen LogP contribution is -2.32. The summed E-state index contributed by atoms with van der Waals surface area (Å²) in [6, 6.07) is 1.28. The van der Waals surface area contributed by atoms with Crippen LogP contribution in [0.2, 0.25) is 10.2 Å². The molecule has 1 N–H and O–H groups in total. The summed E-state index contributed by atoms with van der Waals surface area (Å²) in [6.07, 6.45) is 1.18. The molecule has 102 valence electrons. The van der Waals surface area contributed by atoms with Crippen molar-refractivity contribution in [3.63, 3.8) is 0 Å². The van der Waals surface area contributed by atoms with Gasteiger partial charge in [-0.15, -0.1) is 0 Å². The van der Waals surface area contributed by atoms with E-state index in [-0.39, 0.29) is 15.1 Å². The third-order valence-corrected chi connectivity index (χ3v) is 4.52. The maximum Gasteiger partial charge on any atom is 0.242 e. The molecule has 0 unspecified atom stereocenters. The van der Waals surface area contributed by atoms with Crippen LogP contribution < -0.4 is 4.72 Å². The van der Waals surface area contributed by atoms with Gasteiger partial charge in [0, 0.05) is 19.3 Å². The van der Waals surface area contributed by atoms with E-state index in [2.05, 4.69) is 9.71 Å². The van der Waals surface area contributed by atoms with Gasteiger partial charge in [0.25, 0.3) is 0 Å². The van der Waals surface area contributed by atoms with Crippen molar-refractivity contribution in [3.8, 4) is 0 Å². The molecule has 1 aromatic heterocycles. The lowest BCUT2D eigenvalue weighted by atomic mass is 10.5. The summed E-state index contributed by atoms with van der Waals surface area (Å²) in [5.74, 6) is 0. The highest BCUT2D eigenvalue weighted by Gasteiger charge is 2.15. The first-order valence-corrected chi connectivity index (χ1v) is 7.60. The van der Waals surface area contributed by atoms with Gasteiger partial charge in [-0.3, -0.25) is 0 Å². The Bertz CT molecular complexity index is 508. The molecular formula is C10H15Cl2N3O2S. The number of hydrogen-bond acceptors (Lipinski definition) is 4. The van der Waals surface area contributed by atoms with Gasteiger partial charge in [0.05, 0.1) is 5.02 Å². The van der Waals surface area contributed by atoms with Gasteiger partial charge in [-0.1, -0.05) is 30.1 Å². The normalized spacial score (nSPS) is 12.1. The number of nitrogens with zero attached hydrogens (tertiary/aromatic N) is 2. The minimum atomic E-state index is -3.59. The van der Waals surface area contributed by atoms with E-state index in [0.29, 0.717) is 13.1 Å². The monoisotopic (exact) mass is 311 g/mol. The van der Waals surface area contributed by atoms with Crippen molar-refractivity contribution < 1.29 is 8.42 Å². The van der Waals surface area contributed by atoms with Gasteiger partial charge in [0.2, 0.25) is 10.0 Å². The van der Waals surface area contributed by atoms with E-state index in [1.165, 1.54) is 12.3 Å². The van der Waals surface area contributed by atoms with Crippen molar-refractivity contribution >= 4 is 33.2 Å². The average molecular weight is 312 g/mol. The molecule has 5 nitrogen and oxygen atoms in total. The quantitative estimate of drug-likeness (QED) is 0.811. The van der Waals surface area contributed by atoms with E-state index < -0.39 is 10.0 Å². The van der Waals surface area contributed by atoms with Crippen molar-refractivity contribution in [1.29, 1.82) is 0 Å². The summed E-state index contributed by atoms with van der Waals surface area (Å²) in [5.41, 5.74) is 0. The second-order valence-electron chi connectivity index (χ2n) is 3.74. The van der Waals surface area contributed by atoms with Crippen molar-refractivity contribution in [1.82, 2.24) is 14.6 Å². The van der Waals surface area contributed by atoms with Crippen LogP contribution in [0.4, 0.5) is 0 Å². The Kier molecular flexibility index (Phi) is 5.81. The van der Waals surface area contributed by atoms with Gasteiger partial charge in [-0.05, 0) is 19.7 Å². The van der Waals surface area contributed by atoms with Crippen molar-refractivity contribution in [2.45, 2.75) is 11.8 Å². The fourth-order valence-electron chi connectivity index (χ4n) is 1.16. The molecule has 0 bridgehead atoms. The molecule has 0 radical (unpaired) electrons. The van der Waals surface area contributed by atoms with Gasteiger partial charge >= 0.3 is 0 Å². The van der Waals surface area contributed by atoms with E-state index in [4.69, 9.17) is 23.2 Å². The zero-order valence-corrected chi connectivity index (χ0v) is 12.5. The van der Waals surface area contributed by atoms with Crippen LogP contribution in [-0.2, 0) is 10.0 Å². The Morgan fingerprint density at radius 2 is 2.11 bits per heavy atom. The van der Waals surface area contributed by atoms with Crippen LogP contribution in [0.5, 0.6) is 0 Å². The summed E-state index contributed by atoms with van der Waals surface area (Å²) in [7, 11) is -1.67. The second-order valence-corrected chi connectivity index (χ2v) is 6.27. The second kappa shape index (κ2) is 6.68. The number of aromatic nitrogens is 1. The van der Waals surface area contributed by atoms with E-state index >= 15 is 0 Å². The van der Waals surface area contributed by atoms with Gasteiger partial charge < -0.3 is 4.90 Å². The lowest BCUT2D eigenvalue weighted by Gasteiger charge is -2.14. The predicted molar refractivity (Wildman–Crippen MR) is 72.6 cm³/mol. The van der Waals surface area contributed by atoms with Crippen molar-refractivity contribution in [2.24, 2.45) is 0 Å². The minimum Gasteiger partial charge on any atom is -0.305 e. The highest BCUT2D eigenvalue weighted by molar-refractivity contribution is 7.89. The van der Waals surface area contributed by atoms with Gasteiger partial charge in [-0.25, -0.2) is 18.1 Å². The molecule has 0 aliphatic rings. The number of pyridine rings is 1. The van der Waals surface area contributed by atoms with E-state index in [1.54, 1.807) is 0 Å². The zero-order valence-electron chi connectivity index (χ0n) is 10.2. The van der Waals surface area contributed by atoms with E-state index in [0.717, 1.165) is 6.54 Å². The van der Waals surface area contributed by atoms with Crippen LogP contribution in [-0.4, -0.2) is 45.0 Å². The van der Waals surface area contributed by atoms with Crippen LogP contribution in [0.1, 0.15) is 6.92 Å². The smallest absolute Gasteiger partial charge is 0.242 e. The average Bonchev–Trinajstić information content (AvgIpc) is 2.32. The molecule has 0 amide bonds. The molecule has 8 heteroatoms. The summed E-state index contributed by atoms with van der Waals surface area (Å²) in [5, 5.41) is 0.201. The Balaban J connectivity index is 2.71. The molecule has 1 aromatic rings. The van der Waals surface area contributed by atoms with Crippen molar-refractivity contribution in [3.05, 3.63) is 22.4 Å². The SMILES string of the molecule is CCN(C)CCNS(=O)(=O)c1cnc(Cl)c(Cl)c1. The molecule has 0 atom stereocenters. The molecule has 1 heterocycles. The number of likely N-dealkylation sites (N-methyl/N-ethyl adjacent to an activating group) is 1. The third kappa shape index (κ3) is 4.37. The Hall–Kier alpha value is -0.400. The predicted octanol–water partition coefficient (Wildman–Crippen LogP) is 1.62. The lowest BCUT2D eigenvalue weighted by molar-refractivity contribution is 0.358. The van der Waals surface area contributed by atoms with Crippen LogP contribution in [0.15, 0.2) is 17.2 Å². The molecular weight excluding hydrogens is 297 g/mol. The summed E-state index contributed by atoms with van der Waals surface area (Å²) in [6.45, 7) is 3.81. The van der Waals surface area contributed by atoms with Crippen LogP contribution in [0.3, 0.4) is 0 Å². The van der Waals surface area contributed by atoms with Crippen LogP contribution >= 0.6 is 23.2 Å². The maximum absolute atomic E-state index is 11.9. The fraction of sp³-hybridized carbons (Fsp3) is 0.500. The zero-order chi connectivity index (χ0) is 13.8. The molecule has 1 rings (SSSR count). The number of nitrogens with one attached hydrogen (secondary N) is 1. The van der Waals surface area contributed by atoms with Gasteiger partial charge in [0.15, 0.2) is 0 Å². The maximum atomic E-state index is 11.9. The van der Waals surface area contributed by atoms with Gasteiger partial charge in [-0.2, -0.15) is 0 Å². The molecule has 18 heavy (non-hydrogen) atoms. The molecule has 0 aliphatic heterocycles. The topological polar surface area (TPSA) is 62.3 Å². The largest absolute Gasteiger partial charge is 0.305 e. The summed E-state index contributed by atoms with van der Waals surface area (Å²) >= 11 is 11.4. The third-order valence-electron chi connectivity index (χ3n) is 2.41. The van der Waals surface area contributed by atoms with E-state index in [1.807, 2.05) is 18.9 Å². The highest BCUT2D eigenvalue weighted by Crippen LogP contribution is 2.21. The molecule has 0 spiro atoms. The fourth-order valence-corrected chi connectivity index (χ4v) is 2.49. The molecule has 0 saturated carbocycles. The molecule has 0 aliphatic carbocycles. The number of sulfonamides is 1. The van der Waals surface area contributed by atoms with Crippen LogP contribution in [0, 0.1) is 0 Å². The minimum absolute atomic E-state index is 0.0102. The first kappa shape index (κ1) is 15.7. The first-order valence-electron chi connectivity index (χ1n) is 5.36. The highest BCUT2D eigenvalue weighted by atomic mass is 35.5. The van der Waals surface area contributed by atoms with Crippen molar-refractivity contribution in [2.75, 3.05) is 26.7 Å². The summed E-state index contributed by atoms with van der Waals surface area (Å²) in [4.78, 5) is 5.71.